The molecule has 2 aromatic rings. The van der Waals surface area contributed by atoms with Crippen LogP contribution in [0.4, 0.5) is 11.5 Å². The van der Waals surface area contributed by atoms with Crippen molar-refractivity contribution in [3.8, 4) is 0 Å². The molecule has 10 heteroatoms. The molecule has 0 radical (unpaired) electrons. The zero-order valence-electron chi connectivity index (χ0n) is 14.1. The van der Waals surface area contributed by atoms with Crippen LogP contribution in [0.1, 0.15) is 0 Å². The number of nitrogens with zero attached hydrogens (tertiary/aromatic N) is 3. The molecule has 0 bridgehead atoms. The maximum Gasteiger partial charge on any atom is 0.240 e. The SMILES string of the molecule is O=S(=O)(NCCNc1cc(N2CCOCC2)cnn1)c1ccc(I)cc1. The zero-order valence-corrected chi connectivity index (χ0v) is 17.0. The fourth-order valence-corrected chi connectivity index (χ4v) is 3.90. The van der Waals surface area contributed by atoms with Gasteiger partial charge in [-0.25, -0.2) is 13.1 Å². The molecule has 0 saturated carbocycles. The van der Waals surface area contributed by atoms with Crippen LogP contribution in [0.25, 0.3) is 0 Å². The van der Waals surface area contributed by atoms with Crippen molar-refractivity contribution in [2.24, 2.45) is 0 Å². The Hall–Kier alpha value is -1.50. The van der Waals surface area contributed by atoms with Gasteiger partial charge in [0, 0.05) is 35.8 Å². The number of rotatable bonds is 7. The van der Waals surface area contributed by atoms with Gasteiger partial charge in [-0.05, 0) is 46.9 Å². The van der Waals surface area contributed by atoms with Gasteiger partial charge in [-0.2, -0.15) is 5.10 Å². The highest BCUT2D eigenvalue weighted by Crippen LogP contribution is 2.17. The van der Waals surface area contributed by atoms with Gasteiger partial charge in [0.25, 0.3) is 0 Å². The van der Waals surface area contributed by atoms with Crippen molar-refractivity contribution >= 4 is 44.1 Å². The largest absolute Gasteiger partial charge is 0.378 e. The van der Waals surface area contributed by atoms with Gasteiger partial charge in [-0.1, -0.05) is 0 Å². The number of hydrogen-bond donors (Lipinski definition) is 2. The van der Waals surface area contributed by atoms with E-state index in [1.54, 1.807) is 30.5 Å². The van der Waals surface area contributed by atoms with Crippen LogP contribution in [0, 0.1) is 3.57 Å². The van der Waals surface area contributed by atoms with Crippen molar-refractivity contribution < 1.29 is 13.2 Å². The van der Waals surface area contributed by atoms with Crippen LogP contribution < -0.4 is 14.9 Å². The number of anilines is 2. The minimum absolute atomic E-state index is 0.248. The van der Waals surface area contributed by atoms with Gasteiger partial charge in [0.2, 0.25) is 10.0 Å². The maximum atomic E-state index is 12.2. The first-order valence-corrected chi connectivity index (χ1v) is 10.8. The predicted molar refractivity (Wildman–Crippen MR) is 108 cm³/mol. The van der Waals surface area contributed by atoms with E-state index in [0.717, 1.165) is 22.3 Å². The van der Waals surface area contributed by atoms with Crippen molar-refractivity contribution in [1.82, 2.24) is 14.9 Å². The average Bonchev–Trinajstić information content (AvgIpc) is 2.67. The molecule has 26 heavy (non-hydrogen) atoms. The summed E-state index contributed by atoms with van der Waals surface area (Å²) in [6, 6.07) is 8.62. The van der Waals surface area contributed by atoms with Gasteiger partial charge in [0.1, 0.15) is 0 Å². The third-order valence-corrected chi connectivity index (χ3v) is 6.06. The van der Waals surface area contributed by atoms with Crippen LogP contribution >= 0.6 is 22.6 Å². The average molecular weight is 489 g/mol. The normalized spacial score (nSPS) is 15.0. The van der Waals surface area contributed by atoms with Crippen molar-refractivity contribution in [1.29, 1.82) is 0 Å². The highest BCUT2D eigenvalue weighted by atomic mass is 127. The van der Waals surface area contributed by atoms with Crippen molar-refractivity contribution in [3.63, 3.8) is 0 Å². The minimum Gasteiger partial charge on any atom is -0.378 e. The Morgan fingerprint density at radius 1 is 1.15 bits per heavy atom. The standard InChI is InChI=1S/C16H20IN5O3S/c17-13-1-3-15(4-2-13)26(23,24)20-6-5-18-16-11-14(12-19-21-16)22-7-9-25-10-8-22/h1-4,11-12,20H,5-10H2,(H,18,21). The van der Waals surface area contributed by atoms with Crippen LogP contribution in [0.3, 0.4) is 0 Å². The quantitative estimate of drug-likeness (QED) is 0.447. The van der Waals surface area contributed by atoms with E-state index >= 15 is 0 Å². The molecule has 1 fully saturated rings. The van der Waals surface area contributed by atoms with E-state index in [1.807, 2.05) is 6.07 Å². The predicted octanol–water partition coefficient (Wildman–Crippen LogP) is 1.31. The van der Waals surface area contributed by atoms with E-state index < -0.39 is 10.0 Å². The molecule has 8 nitrogen and oxygen atoms in total. The molecule has 0 spiro atoms. The molecule has 0 amide bonds. The summed E-state index contributed by atoms with van der Waals surface area (Å²) < 4.78 is 33.4. The first-order chi connectivity index (χ1) is 12.5. The monoisotopic (exact) mass is 489 g/mol. The van der Waals surface area contributed by atoms with Crippen LogP contribution in [-0.4, -0.2) is 58.0 Å². The van der Waals surface area contributed by atoms with Gasteiger partial charge in [0.05, 0.1) is 30.0 Å². The number of ether oxygens (including phenoxy) is 1. The van der Waals surface area contributed by atoms with E-state index in [1.165, 1.54) is 0 Å². The third kappa shape index (κ3) is 5.25. The molecule has 1 saturated heterocycles. The summed E-state index contributed by atoms with van der Waals surface area (Å²) >= 11 is 2.14. The highest BCUT2D eigenvalue weighted by Gasteiger charge is 2.14. The summed E-state index contributed by atoms with van der Waals surface area (Å²) in [7, 11) is -3.51. The molecule has 1 aliphatic rings. The Morgan fingerprint density at radius 2 is 1.88 bits per heavy atom. The van der Waals surface area contributed by atoms with E-state index in [2.05, 4.69) is 47.7 Å². The van der Waals surface area contributed by atoms with Crippen LogP contribution in [0.15, 0.2) is 41.4 Å². The van der Waals surface area contributed by atoms with E-state index in [9.17, 15) is 8.42 Å². The first kappa shape index (κ1) is 19.3. The van der Waals surface area contributed by atoms with E-state index in [4.69, 9.17) is 4.74 Å². The van der Waals surface area contributed by atoms with Gasteiger partial charge in [0.15, 0.2) is 5.82 Å². The smallest absolute Gasteiger partial charge is 0.240 e. The summed E-state index contributed by atoms with van der Waals surface area (Å²) in [5.74, 6) is 0.613. The number of hydrogen-bond acceptors (Lipinski definition) is 7. The zero-order chi connectivity index (χ0) is 18.4. The summed E-state index contributed by atoms with van der Waals surface area (Å²) in [5.41, 5.74) is 0.977. The summed E-state index contributed by atoms with van der Waals surface area (Å²) in [6.45, 7) is 3.70. The van der Waals surface area contributed by atoms with Crippen molar-refractivity contribution in [2.45, 2.75) is 4.90 Å². The molecule has 3 rings (SSSR count). The molecule has 2 N–H and O–H groups in total. The molecule has 1 aromatic carbocycles. The molecule has 0 aliphatic carbocycles. The maximum absolute atomic E-state index is 12.2. The lowest BCUT2D eigenvalue weighted by Gasteiger charge is -2.28. The fourth-order valence-electron chi connectivity index (χ4n) is 2.51. The second-order valence-corrected chi connectivity index (χ2v) is 8.69. The van der Waals surface area contributed by atoms with Gasteiger partial charge in [-0.3, -0.25) is 0 Å². The lowest BCUT2D eigenvalue weighted by atomic mass is 10.3. The molecular weight excluding hydrogens is 469 g/mol. The van der Waals surface area contributed by atoms with Crippen LogP contribution in [-0.2, 0) is 14.8 Å². The Bertz CT molecular complexity index is 826. The Kier molecular flexibility index (Phi) is 6.62. The lowest BCUT2D eigenvalue weighted by Crippen LogP contribution is -2.36. The number of sulfonamides is 1. The highest BCUT2D eigenvalue weighted by molar-refractivity contribution is 14.1. The molecule has 1 aromatic heterocycles. The number of benzene rings is 1. The molecular formula is C16H20IN5O3S. The Balaban J connectivity index is 1.51. The molecule has 0 unspecified atom stereocenters. The minimum atomic E-state index is -3.51. The third-order valence-electron chi connectivity index (χ3n) is 3.86. The Labute approximate surface area is 166 Å². The van der Waals surface area contributed by atoms with Crippen LogP contribution in [0.2, 0.25) is 0 Å². The molecule has 140 valence electrons. The Morgan fingerprint density at radius 3 is 2.62 bits per heavy atom. The second kappa shape index (κ2) is 8.93. The fraction of sp³-hybridized carbons (Fsp3) is 0.375. The first-order valence-electron chi connectivity index (χ1n) is 8.19. The van der Waals surface area contributed by atoms with Crippen LogP contribution in [0.5, 0.6) is 0 Å². The summed E-state index contributed by atoms with van der Waals surface area (Å²) in [6.07, 6.45) is 1.72. The van der Waals surface area contributed by atoms with Gasteiger partial charge in [-0.15, -0.1) is 5.10 Å². The van der Waals surface area contributed by atoms with E-state index in [-0.39, 0.29) is 11.4 Å². The number of halogens is 1. The number of nitrogens with one attached hydrogen (secondary N) is 2. The van der Waals surface area contributed by atoms with Gasteiger partial charge >= 0.3 is 0 Å². The molecule has 2 heterocycles. The van der Waals surface area contributed by atoms with Crippen molar-refractivity contribution in [3.05, 3.63) is 40.1 Å². The number of morpholine rings is 1. The second-order valence-electron chi connectivity index (χ2n) is 5.68. The summed E-state index contributed by atoms with van der Waals surface area (Å²) in [4.78, 5) is 2.44. The molecule has 1 aliphatic heterocycles. The van der Waals surface area contributed by atoms with Gasteiger partial charge < -0.3 is 15.0 Å². The topological polar surface area (TPSA) is 96.5 Å². The number of aromatic nitrogens is 2. The lowest BCUT2D eigenvalue weighted by molar-refractivity contribution is 0.122. The molecule has 0 atom stereocenters. The van der Waals surface area contributed by atoms with Crippen molar-refractivity contribution in [2.75, 3.05) is 49.6 Å². The summed E-state index contributed by atoms with van der Waals surface area (Å²) in [5, 5.41) is 11.1. The van der Waals surface area contributed by atoms with E-state index in [0.29, 0.717) is 25.6 Å².